The van der Waals surface area contributed by atoms with Crippen LogP contribution in [-0.4, -0.2) is 61.3 Å². The molecule has 2 aromatic rings. The molecule has 4 rings (SSSR count). The molecule has 0 bridgehead atoms. The molecule has 152 valence electrons. The highest BCUT2D eigenvalue weighted by Gasteiger charge is 2.43. The number of aryl methyl sites for hydroxylation is 1. The van der Waals surface area contributed by atoms with E-state index in [1.54, 1.807) is 23.4 Å². The Hall–Kier alpha value is -3.03. The van der Waals surface area contributed by atoms with E-state index in [9.17, 15) is 14.7 Å². The fourth-order valence-corrected chi connectivity index (χ4v) is 4.37. The SMILES string of the molecule is Cc1cnc(CN2CC3(CCCN(C(=O)c4ncccc4O)C3)CCC2=O)cn1. The van der Waals surface area contributed by atoms with Crippen LogP contribution in [0.1, 0.15) is 47.6 Å². The van der Waals surface area contributed by atoms with Crippen molar-refractivity contribution < 1.29 is 14.7 Å². The van der Waals surface area contributed by atoms with Crippen molar-refractivity contribution in [2.45, 2.75) is 39.2 Å². The van der Waals surface area contributed by atoms with Crippen molar-refractivity contribution in [3.63, 3.8) is 0 Å². The molecule has 0 aliphatic carbocycles. The molecule has 1 spiro atoms. The predicted molar refractivity (Wildman–Crippen MR) is 105 cm³/mol. The summed E-state index contributed by atoms with van der Waals surface area (Å²) in [7, 11) is 0. The molecule has 2 aromatic heterocycles. The summed E-state index contributed by atoms with van der Waals surface area (Å²) in [5.74, 6) is -0.241. The van der Waals surface area contributed by atoms with Crippen molar-refractivity contribution in [1.29, 1.82) is 0 Å². The standard InChI is InChI=1S/C21H25N5O3/c1-15-10-24-16(11-23-15)12-26-14-21(7-5-18(26)28)6-3-9-25(13-21)20(29)19-17(27)4-2-8-22-19/h2,4,8,10-11,27H,3,5-7,9,12-14H2,1H3. The van der Waals surface area contributed by atoms with Crippen molar-refractivity contribution in [2.24, 2.45) is 5.41 Å². The Balaban J connectivity index is 1.49. The summed E-state index contributed by atoms with van der Waals surface area (Å²) >= 11 is 0. The second-order valence-electron chi connectivity index (χ2n) is 8.10. The lowest BCUT2D eigenvalue weighted by Gasteiger charge is -2.48. The first-order chi connectivity index (χ1) is 14.0. The molecule has 2 fully saturated rings. The van der Waals surface area contributed by atoms with Gasteiger partial charge in [0.2, 0.25) is 5.91 Å². The molecule has 2 aliphatic heterocycles. The first-order valence-corrected chi connectivity index (χ1v) is 9.94. The maximum absolute atomic E-state index is 12.9. The Bertz CT molecular complexity index is 917. The summed E-state index contributed by atoms with van der Waals surface area (Å²) in [5, 5.41) is 10.00. The number of rotatable bonds is 3. The van der Waals surface area contributed by atoms with Crippen LogP contribution < -0.4 is 0 Å². The number of hydrogen-bond acceptors (Lipinski definition) is 6. The number of hydrogen-bond donors (Lipinski definition) is 1. The molecule has 1 N–H and O–H groups in total. The summed E-state index contributed by atoms with van der Waals surface area (Å²) in [4.78, 5) is 41.8. The monoisotopic (exact) mass is 395 g/mol. The Labute approximate surface area is 169 Å². The molecular weight excluding hydrogens is 370 g/mol. The van der Waals surface area contributed by atoms with Gasteiger partial charge in [0.15, 0.2) is 5.69 Å². The van der Waals surface area contributed by atoms with E-state index in [4.69, 9.17) is 0 Å². The van der Waals surface area contributed by atoms with Gasteiger partial charge >= 0.3 is 0 Å². The second kappa shape index (κ2) is 7.77. The number of carbonyl (C=O) groups is 2. The summed E-state index contributed by atoms with van der Waals surface area (Å²) in [6, 6.07) is 3.08. The highest BCUT2D eigenvalue weighted by molar-refractivity contribution is 5.94. The molecule has 8 nitrogen and oxygen atoms in total. The zero-order chi connectivity index (χ0) is 20.4. The number of aromatic hydroxyl groups is 1. The van der Waals surface area contributed by atoms with Gasteiger partial charge in [-0.15, -0.1) is 0 Å². The number of pyridine rings is 1. The Kier molecular flexibility index (Phi) is 5.17. The molecule has 8 heteroatoms. The predicted octanol–water partition coefficient (Wildman–Crippen LogP) is 1.93. The molecule has 2 amide bonds. The van der Waals surface area contributed by atoms with Gasteiger partial charge < -0.3 is 14.9 Å². The molecule has 4 heterocycles. The van der Waals surface area contributed by atoms with E-state index in [-0.39, 0.29) is 28.7 Å². The molecule has 0 saturated carbocycles. The lowest BCUT2D eigenvalue weighted by molar-refractivity contribution is -0.139. The van der Waals surface area contributed by atoms with Crippen molar-refractivity contribution in [1.82, 2.24) is 24.8 Å². The van der Waals surface area contributed by atoms with E-state index in [1.165, 1.54) is 12.3 Å². The summed E-state index contributed by atoms with van der Waals surface area (Å²) < 4.78 is 0. The lowest BCUT2D eigenvalue weighted by atomic mass is 9.73. The van der Waals surface area contributed by atoms with Crippen LogP contribution in [0.4, 0.5) is 0 Å². The number of amides is 2. The number of carbonyl (C=O) groups excluding carboxylic acids is 2. The highest BCUT2D eigenvalue weighted by atomic mass is 16.3. The van der Waals surface area contributed by atoms with Gasteiger partial charge in [-0.05, 0) is 38.3 Å². The number of nitrogens with zero attached hydrogens (tertiary/aromatic N) is 5. The van der Waals surface area contributed by atoms with Gasteiger partial charge in [0.05, 0.1) is 24.1 Å². The van der Waals surface area contributed by atoms with Gasteiger partial charge in [-0.2, -0.15) is 0 Å². The average Bonchev–Trinajstić information content (AvgIpc) is 2.73. The minimum absolute atomic E-state index is 0.0863. The van der Waals surface area contributed by atoms with Gasteiger partial charge in [0.25, 0.3) is 5.91 Å². The molecule has 29 heavy (non-hydrogen) atoms. The fraction of sp³-hybridized carbons (Fsp3) is 0.476. The number of likely N-dealkylation sites (tertiary alicyclic amines) is 2. The van der Waals surface area contributed by atoms with Crippen LogP contribution in [0, 0.1) is 12.3 Å². The quantitative estimate of drug-likeness (QED) is 0.853. The molecular formula is C21H25N5O3. The van der Waals surface area contributed by atoms with Crippen molar-refractivity contribution in [3.05, 3.63) is 47.8 Å². The summed E-state index contributed by atoms with van der Waals surface area (Å²) in [6.07, 6.45) is 8.00. The average molecular weight is 395 g/mol. The third kappa shape index (κ3) is 4.06. The topological polar surface area (TPSA) is 99.5 Å². The zero-order valence-corrected chi connectivity index (χ0v) is 16.5. The molecule has 2 saturated heterocycles. The van der Waals surface area contributed by atoms with E-state index in [0.717, 1.165) is 30.7 Å². The smallest absolute Gasteiger partial charge is 0.276 e. The van der Waals surface area contributed by atoms with Crippen LogP contribution >= 0.6 is 0 Å². The van der Waals surface area contributed by atoms with Crippen molar-refractivity contribution >= 4 is 11.8 Å². The van der Waals surface area contributed by atoms with Crippen LogP contribution in [-0.2, 0) is 11.3 Å². The van der Waals surface area contributed by atoms with Crippen LogP contribution in [0.2, 0.25) is 0 Å². The van der Waals surface area contributed by atoms with Crippen molar-refractivity contribution in [2.75, 3.05) is 19.6 Å². The maximum Gasteiger partial charge on any atom is 0.276 e. The molecule has 1 unspecified atom stereocenters. The Morgan fingerprint density at radius 2 is 2.07 bits per heavy atom. The van der Waals surface area contributed by atoms with Crippen LogP contribution in [0.15, 0.2) is 30.7 Å². The van der Waals surface area contributed by atoms with E-state index < -0.39 is 0 Å². The van der Waals surface area contributed by atoms with Gasteiger partial charge in [-0.1, -0.05) is 0 Å². The normalized spacial score (nSPS) is 22.2. The number of aromatic nitrogens is 3. The molecule has 0 radical (unpaired) electrons. The molecule has 2 aliphatic rings. The first kappa shape index (κ1) is 19.3. The van der Waals surface area contributed by atoms with Crippen LogP contribution in [0.3, 0.4) is 0 Å². The van der Waals surface area contributed by atoms with Gasteiger partial charge in [0.1, 0.15) is 5.75 Å². The number of piperidine rings is 2. The molecule has 0 aromatic carbocycles. The van der Waals surface area contributed by atoms with Crippen molar-refractivity contribution in [3.8, 4) is 5.75 Å². The van der Waals surface area contributed by atoms with Gasteiger partial charge in [-0.3, -0.25) is 19.6 Å². The minimum Gasteiger partial charge on any atom is -0.505 e. The largest absolute Gasteiger partial charge is 0.505 e. The fourth-order valence-electron chi connectivity index (χ4n) is 4.37. The molecule has 1 atom stereocenters. The van der Waals surface area contributed by atoms with E-state index in [1.807, 2.05) is 11.8 Å². The minimum atomic E-state index is -0.255. The lowest BCUT2D eigenvalue weighted by Crippen LogP contribution is -2.55. The van der Waals surface area contributed by atoms with E-state index in [2.05, 4.69) is 15.0 Å². The summed E-state index contributed by atoms with van der Waals surface area (Å²) in [6.45, 7) is 4.10. The maximum atomic E-state index is 12.9. The van der Waals surface area contributed by atoms with Crippen LogP contribution in [0.25, 0.3) is 0 Å². The van der Waals surface area contributed by atoms with E-state index >= 15 is 0 Å². The highest BCUT2D eigenvalue weighted by Crippen LogP contribution is 2.39. The Morgan fingerprint density at radius 1 is 1.21 bits per heavy atom. The van der Waals surface area contributed by atoms with E-state index in [0.29, 0.717) is 32.6 Å². The first-order valence-electron chi connectivity index (χ1n) is 9.94. The van der Waals surface area contributed by atoms with Gasteiger partial charge in [0, 0.05) is 43.9 Å². The van der Waals surface area contributed by atoms with Crippen LogP contribution in [0.5, 0.6) is 5.75 Å². The van der Waals surface area contributed by atoms with Gasteiger partial charge in [-0.25, -0.2) is 4.98 Å². The Morgan fingerprint density at radius 3 is 2.83 bits per heavy atom. The zero-order valence-electron chi connectivity index (χ0n) is 16.5. The third-order valence-corrected chi connectivity index (χ3v) is 5.87. The third-order valence-electron chi connectivity index (χ3n) is 5.87. The summed E-state index contributed by atoms with van der Waals surface area (Å²) in [5.41, 5.74) is 1.56. The second-order valence-corrected chi connectivity index (χ2v) is 8.10.